The van der Waals surface area contributed by atoms with Gasteiger partial charge in [0.1, 0.15) is 5.75 Å². The number of ether oxygens (including phenoxy) is 1. The number of hydrogen-bond donors (Lipinski definition) is 1. The number of methoxy groups -OCH3 is 1. The molecule has 0 fully saturated rings. The third-order valence-electron chi connectivity index (χ3n) is 2.42. The van der Waals surface area contributed by atoms with E-state index in [0.717, 1.165) is 0 Å². The minimum atomic E-state index is -0.250. The predicted octanol–water partition coefficient (Wildman–Crippen LogP) is 2.07. The molecule has 2 aromatic heterocycles. The molecule has 2 aromatic rings. The van der Waals surface area contributed by atoms with Gasteiger partial charge < -0.3 is 10.1 Å². The van der Waals surface area contributed by atoms with Crippen LogP contribution in [0.2, 0.25) is 5.02 Å². The van der Waals surface area contributed by atoms with Crippen molar-refractivity contribution in [3.8, 4) is 5.75 Å². The average molecular weight is 278 g/mol. The van der Waals surface area contributed by atoms with Crippen molar-refractivity contribution in [2.24, 2.45) is 0 Å². The topological polar surface area (TPSA) is 64.1 Å². The maximum absolute atomic E-state index is 11.9. The van der Waals surface area contributed by atoms with E-state index >= 15 is 0 Å². The maximum atomic E-state index is 11.9. The van der Waals surface area contributed by atoms with Gasteiger partial charge in [0.25, 0.3) is 5.91 Å². The molecule has 0 radical (unpaired) electrons. The van der Waals surface area contributed by atoms with E-state index in [4.69, 9.17) is 16.3 Å². The summed E-state index contributed by atoms with van der Waals surface area (Å²) in [6.45, 7) is 0.308. The number of aromatic nitrogens is 2. The van der Waals surface area contributed by atoms with E-state index in [1.165, 1.54) is 12.4 Å². The number of halogens is 1. The summed E-state index contributed by atoms with van der Waals surface area (Å²) in [4.78, 5) is 19.8. The van der Waals surface area contributed by atoms with Crippen molar-refractivity contribution >= 4 is 17.5 Å². The lowest BCUT2D eigenvalue weighted by Gasteiger charge is -2.06. The van der Waals surface area contributed by atoms with Gasteiger partial charge in [0, 0.05) is 24.7 Å². The summed E-state index contributed by atoms with van der Waals surface area (Å²) in [7, 11) is 1.58. The summed E-state index contributed by atoms with van der Waals surface area (Å²) >= 11 is 5.77. The summed E-state index contributed by atoms with van der Waals surface area (Å²) in [6, 6.07) is 5.06. The van der Waals surface area contributed by atoms with Gasteiger partial charge in [-0.25, -0.2) is 0 Å². The minimum absolute atomic E-state index is 0.250. The molecular formula is C13H12ClN3O2. The quantitative estimate of drug-likeness (QED) is 0.929. The highest BCUT2D eigenvalue weighted by Crippen LogP contribution is 2.11. The van der Waals surface area contributed by atoms with Crippen LogP contribution >= 0.6 is 11.6 Å². The van der Waals surface area contributed by atoms with Crippen LogP contribution in [0.25, 0.3) is 0 Å². The Bertz CT molecular complexity index is 590. The highest BCUT2D eigenvalue weighted by molar-refractivity contribution is 6.30. The SMILES string of the molecule is COc1ccnc(CNC(=O)c2cncc(Cl)c2)c1. The van der Waals surface area contributed by atoms with Crippen LogP contribution in [0.1, 0.15) is 16.1 Å². The molecule has 0 aromatic carbocycles. The number of amides is 1. The van der Waals surface area contributed by atoms with Gasteiger partial charge in [-0.2, -0.15) is 0 Å². The van der Waals surface area contributed by atoms with Gasteiger partial charge in [0.2, 0.25) is 0 Å². The summed E-state index contributed by atoms with van der Waals surface area (Å²) in [5, 5.41) is 3.16. The molecule has 6 heteroatoms. The highest BCUT2D eigenvalue weighted by atomic mass is 35.5. The Morgan fingerprint density at radius 1 is 1.42 bits per heavy atom. The van der Waals surface area contributed by atoms with Crippen LogP contribution in [0.3, 0.4) is 0 Å². The van der Waals surface area contributed by atoms with Crippen LogP contribution < -0.4 is 10.1 Å². The lowest BCUT2D eigenvalue weighted by molar-refractivity contribution is 0.0950. The average Bonchev–Trinajstić information content (AvgIpc) is 2.45. The zero-order valence-corrected chi connectivity index (χ0v) is 11.0. The van der Waals surface area contributed by atoms with Crippen molar-refractivity contribution in [3.05, 3.63) is 53.1 Å². The van der Waals surface area contributed by atoms with Gasteiger partial charge in [-0.1, -0.05) is 11.6 Å². The molecule has 0 atom stereocenters. The van der Waals surface area contributed by atoms with Gasteiger partial charge in [-0.3, -0.25) is 14.8 Å². The van der Waals surface area contributed by atoms with Crippen LogP contribution in [0.5, 0.6) is 5.75 Å². The van der Waals surface area contributed by atoms with E-state index in [2.05, 4.69) is 15.3 Å². The highest BCUT2D eigenvalue weighted by Gasteiger charge is 2.07. The Kier molecular flexibility index (Phi) is 4.30. The van der Waals surface area contributed by atoms with E-state index in [9.17, 15) is 4.79 Å². The Morgan fingerprint density at radius 2 is 2.26 bits per heavy atom. The molecule has 0 aliphatic heterocycles. The third kappa shape index (κ3) is 3.66. The molecule has 0 saturated carbocycles. The van der Waals surface area contributed by atoms with Crippen LogP contribution in [0, 0.1) is 0 Å². The van der Waals surface area contributed by atoms with E-state index in [1.54, 1.807) is 31.5 Å². The summed E-state index contributed by atoms with van der Waals surface area (Å²) < 4.78 is 5.08. The van der Waals surface area contributed by atoms with Crippen molar-refractivity contribution in [2.75, 3.05) is 7.11 Å². The standard InChI is InChI=1S/C13H12ClN3O2/c1-19-12-2-3-16-11(5-12)8-17-13(18)9-4-10(14)7-15-6-9/h2-7H,8H2,1H3,(H,17,18). The van der Waals surface area contributed by atoms with Crippen molar-refractivity contribution < 1.29 is 9.53 Å². The fourth-order valence-corrected chi connectivity index (χ4v) is 1.66. The number of nitrogens with zero attached hydrogens (tertiary/aromatic N) is 2. The van der Waals surface area contributed by atoms with E-state index in [0.29, 0.717) is 28.6 Å². The molecule has 2 rings (SSSR count). The van der Waals surface area contributed by atoms with Gasteiger partial charge in [0.15, 0.2) is 0 Å². The maximum Gasteiger partial charge on any atom is 0.253 e. The summed E-state index contributed by atoms with van der Waals surface area (Å²) in [5.74, 6) is 0.447. The fraction of sp³-hybridized carbons (Fsp3) is 0.154. The first-order chi connectivity index (χ1) is 9.19. The Balaban J connectivity index is 2.00. The van der Waals surface area contributed by atoms with Crippen LogP contribution in [0.15, 0.2) is 36.8 Å². The molecule has 0 saturated heterocycles. The van der Waals surface area contributed by atoms with Crippen LogP contribution in [-0.4, -0.2) is 23.0 Å². The molecule has 19 heavy (non-hydrogen) atoms. The first-order valence-electron chi connectivity index (χ1n) is 5.56. The molecule has 0 unspecified atom stereocenters. The molecule has 98 valence electrons. The Labute approximate surface area is 115 Å². The second kappa shape index (κ2) is 6.15. The van der Waals surface area contributed by atoms with Crippen LogP contribution in [0.4, 0.5) is 0 Å². The third-order valence-corrected chi connectivity index (χ3v) is 2.63. The minimum Gasteiger partial charge on any atom is -0.497 e. The van der Waals surface area contributed by atoms with Gasteiger partial charge in [-0.15, -0.1) is 0 Å². The first kappa shape index (κ1) is 13.3. The zero-order chi connectivity index (χ0) is 13.7. The second-order valence-electron chi connectivity index (χ2n) is 3.76. The normalized spacial score (nSPS) is 10.0. The zero-order valence-electron chi connectivity index (χ0n) is 10.3. The monoisotopic (exact) mass is 277 g/mol. The number of pyridine rings is 2. The van der Waals surface area contributed by atoms with E-state index in [-0.39, 0.29) is 5.91 Å². The molecule has 1 N–H and O–H groups in total. The molecule has 5 nitrogen and oxygen atoms in total. The number of carbonyl (C=O) groups is 1. The first-order valence-corrected chi connectivity index (χ1v) is 5.94. The molecule has 0 aliphatic rings. The number of hydrogen-bond acceptors (Lipinski definition) is 4. The van der Waals surface area contributed by atoms with Crippen molar-refractivity contribution in [1.29, 1.82) is 0 Å². The largest absolute Gasteiger partial charge is 0.497 e. The van der Waals surface area contributed by atoms with Gasteiger partial charge in [0.05, 0.1) is 29.9 Å². The fourth-order valence-electron chi connectivity index (χ4n) is 1.49. The molecular weight excluding hydrogens is 266 g/mol. The van der Waals surface area contributed by atoms with Crippen molar-refractivity contribution in [1.82, 2.24) is 15.3 Å². The van der Waals surface area contributed by atoms with Gasteiger partial charge in [-0.05, 0) is 12.1 Å². The molecule has 2 heterocycles. The Hall–Kier alpha value is -2.14. The predicted molar refractivity (Wildman–Crippen MR) is 71.2 cm³/mol. The van der Waals surface area contributed by atoms with E-state index in [1.807, 2.05) is 0 Å². The molecule has 0 spiro atoms. The molecule has 0 aliphatic carbocycles. The lowest BCUT2D eigenvalue weighted by atomic mass is 10.2. The summed E-state index contributed by atoms with van der Waals surface area (Å²) in [6.07, 6.45) is 4.56. The molecule has 0 bridgehead atoms. The van der Waals surface area contributed by atoms with Gasteiger partial charge >= 0.3 is 0 Å². The number of rotatable bonds is 4. The van der Waals surface area contributed by atoms with Crippen molar-refractivity contribution in [3.63, 3.8) is 0 Å². The smallest absolute Gasteiger partial charge is 0.253 e. The number of carbonyl (C=O) groups excluding carboxylic acids is 1. The Morgan fingerprint density at radius 3 is 3.00 bits per heavy atom. The molecule has 1 amide bonds. The van der Waals surface area contributed by atoms with Crippen LogP contribution in [-0.2, 0) is 6.54 Å². The number of nitrogens with one attached hydrogen (secondary N) is 1. The van der Waals surface area contributed by atoms with Crippen molar-refractivity contribution in [2.45, 2.75) is 6.54 Å². The summed E-state index contributed by atoms with van der Waals surface area (Å²) in [5.41, 5.74) is 1.12. The van der Waals surface area contributed by atoms with E-state index < -0.39 is 0 Å². The second-order valence-corrected chi connectivity index (χ2v) is 4.20. The lowest BCUT2D eigenvalue weighted by Crippen LogP contribution is -2.23.